The molecule has 3 aromatic carbocycles. The minimum Gasteiger partial charge on any atom is -0.366 e. The van der Waals surface area contributed by atoms with Crippen molar-refractivity contribution in [3.63, 3.8) is 0 Å². The molecule has 0 radical (unpaired) electrons. The molecule has 0 saturated carbocycles. The summed E-state index contributed by atoms with van der Waals surface area (Å²) in [7, 11) is 0. The molecule has 1 heterocycles. The molecule has 4 rings (SSSR count). The number of halogens is 1. The van der Waals surface area contributed by atoms with Crippen LogP contribution in [-0.2, 0) is 11.3 Å². The number of carbonyl (C=O) groups excluding carboxylic acids is 2. The lowest BCUT2D eigenvalue weighted by Crippen LogP contribution is -2.23. The Balaban J connectivity index is 1.57. The average molecular weight is 476 g/mol. The van der Waals surface area contributed by atoms with Gasteiger partial charge in [0.15, 0.2) is 11.0 Å². The number of aromatic nitrogens is 3. The number of thioether (sulfide) groups is 1. The van der Waals surface area contributed by atoms with Crippen molar-refractivity contribution < 1.29 is 14.0 Å². The topological polar surface area (TPSA) is 103 Å². The van der Waals surface area contributed by atoms with Crippen LogP contribution in [0, 0.1) is 5.82 Å². The second-order valence-corrected chi connectivity index (χ2v) is 8.86. The van der Waals surface area contributed by atoms with Crippen molar-refractivity contribution in [2.24, 2.45) is 5.73 Å². The number of hydrogen-bond donors (Lipinski definition) is 2. The fourth-order valence-electron chi connectivity index (χ4n) is 3.30. The van der Waals surface area contributed by atoms with Crippen LogP contribution in [0.4, 0.5) is 10.1 Å². The van der Waals surface area contributed by atoms with E-state index >= 15 is 0 Å². The molecule has 4 aromatic rings. The molecule has 1 unspecified atom stereocenters. The van der Waals surface area contributed by atoms with E-state index in [4.69, 9.17) is 5.73 Å². The quantitative estimate of drug-likeness (QED) is 0.369. The second kappa shape index (κ2) is 10.3. The third-order valence-electron chi connectivity index (χ3n) is 5.10. The fourth-order valence-corrected chi connectivity index (χ4v) is 4.15. The number of nitrogens with zero attached hydrogens (tertiary/aromatic N) is 3. The monoisotopic (exact) mass is 475 g/mol. The lowest BCUT2D eigenvalue weighted by Gasteiger charge is -2.14. The van der Waals surface area contributed by atoms with Crippen LogP contribution in [0.5, 0.6) is 0 Å². The molecule has 172 valence electrons. The Morgan fingerprint density at radius 3 is 2.35 bits per heavy atom. The number of benzene rings is 3. The van der Waals surface area contributed by atoms with E-state index in [1.807, 2.05) is 34.9 Å². The molecule has 1 aromatic heterocycles. The Morgan fingerprint density at radius 1 is 1.00 bits per heavy atom. The molecular weight excluding hydrogens is 453 g/mol. The van der Waals surface area contributed by atoms with E-state index in [0.717, 1.165) is 5.56 Å². The van der Waals surface area contributed by atoms with Crippen molar-refractivity contribution in [3.05, 3.63) is 95.8 Å². The molecule has 0 saturated heterocycles. The van der Waals surface area contributed by atoms with Gasteiger partial charge in [0.2, 0.25) is 11.8 Å². The maximum atomic E-state index is 14.5. The van der Waals surface area contributed by atoms with Crippen molar-refractivity contribution in [3.8, 4) is 11.4 Å². The van der Waals surface area contributed by atoms with Gasteiger partial charge in [-0.2, -0.15) is 0 Å². The van der Waals surface area contributed by atoms with Crippen LogP contribution in [0.25, 0.3) is 11.4 Å². The number of amides is 2. The third-order valence-corrected chi connectivity index (χ3v) is 6.18. The Kier molecular flexibility index (Phi) is 7.03. The molecule has 9 heteroatoms. The Bertz CT molecular complexity index is 1310. The molecule has 0 aliphatic heterocycles. The van der Waals surface area contributed by atoms with Gasteiger partial charge in [-0.3, -0.25) is 14.2 Å². The molecule has 0 spiro atoms. The highest BCUT2D eigenvalue weighted by molar-refractivity contribution is 8.00. The van der Waals surface area contributed by atoms with Crippen LogP contribution in [-0.4, -0.2) is 31.8 Å². The van der Waals surface area contributed by atoms with E-state index in [9.17, 15) is 14.0 Å². The minimum absolute atomic E-state index is 0.251. The summed E-state index contributed by atoms with van der Waals surface area (Å²) in [6, 6.07) is 22.4. The fraction of sp³-hybridized carbons (Fsp3) is 0.120. The summed E-state index contributed by atoms with van der Waals surface area (Å²) < 4.78 is 16.3. The average Bonchev–Trinajstić information content (AvgIpc) is 3.22. The SMILES string of the molecule is CC(Sc1nnc(-c2ccccc2F)n1Cc1ccccc1)C(=O)Nc1ccc(C(N)=O)cc1. The van der Waals surface area contributed by atoms with Crippen molar-refractivity contribution >= 4 is 29.3 Å². The van der Waals surface area contributed by atoms with Gasteiger partial charge >= 0.3 is 0 Å². The summed E-state index contributed by atoms with van der Waals surface area (Å²) >= 11 is 1.23. The number of carbonyl (C=O) groups is 2. The van der Waals surface area contributed by atoms with Gasteiger partial charge in [-0.25, -0.2) is 4.39 Å². The van der Waals surface area contributed by atoms with Crippen LogP contribution in [0.3, 0.4) is 0 Å². The molecule has 0 fully saturated rings. The lowest BCUT2D eigenvalue weighted by atomic mass is 10.2. The summed E-state index contributed by atoms with van der Waals surface area (Å²) in [5.74, 6) is -0.797. The first-order valence-corrected chi connectivity index (χ1v) is 11.4. The molecule has 3 N–H and O–H groups in total. The van der Waals surface area contributed by atoms with Gasteiger partial charge in [0, 0.05) is 11.3 Å². The van der Waals surface area contributed by atoms with Gasteiger partial charge < -0.3 is 11.1 Å². The number of nitrogens with one attached hydrogen (secondary N) is 1. The summed E-state index contributed by atoms with van der Waals surface area (Å²) in [5.41, 5.74) is 7.48. The summed E-state index contributed by atoms with van der Waals surface area (Å²) in [5, 5.41) is 11.3. The van der Waals surface area contributed by atoms with E-state index in [1.54, 1.807) is 49.4 Å². The Labute approximate surface area is 200 Å². The van der Waals surface area contributed by atoms with Crippen LogP contribution in [0.2, 0.25) is 0 Å². The molecule has 1 atom stereocenters. The zero-order valence-electron chi connectivity index (χ0n) is 18.3. The van der Waals surface area contributed by atoms with Crippen molar-refractivity contribution in [2.75, 3.05) is 5.32 Å². The normalized spacial score (nSPS) is 11.7. The van der Waals surface area contributed by atoms with Crippen molar-refractivity contribution in [1.82, 2.24) is 14.8 Å². The smallest absolute Gasteiger partial charge is 0.248 e. The Hall–Kier alpha value is -3.98. The van der Waals surface area contributed by atoms with E-state index < -0.39 is 17.0 Å². The first-order valence-electron chi connectivity index (χ1n) is 10.5. The maximum Gasteiger partial charge on any atom is 0.248 e. The maximum absolute atomic E-state index is 14.5. The zero-order valence-corrected chi connectivity index (χ0v) is 19.1. The van der Waals surface area contributed by atoms with Crippen LogP contribution in [0.1, 0.15) is 22.8 Å². The van der Waals surface area contributed by atoms with E-state index in [1.165, 1.54) is 17.8 Å². The molecule has 7 nitrogen and oxygen atoms in total. The minimum atomic E-state index is -0.537. The van der Waals surface area contributed by atoms with E-state index in [2.05, 4.69) is 15.5 Å². The molecule has 0 aliphatic rings. The first-order chi connectivity index (χ1) is 16.4. The predicted octanol–water partition coefficient (Wildman–Crippen LogP) is 4.35. The number of primary amides is 1. The van der Waals surface area contributed by atoms with Crippen LogP contribution >= 0.6 is 11.8 Å². The van der Waals surface area contributed by atoms with Crippen molar-refractivity contribution in [2.45, 2.75) is 23.9 Å². The summed E-state index contributed by atoms with van der Waals surface area (Å²) in [6.07, 6.45) is 0. The van der Waals surface area contributed by atoms with Crippen LogP contribution in [0.15, 0.2) is 84.0 Å². The van der Waals surface area contributed by atoms with Gasteiger partial charge in [-0.05, 0) is 48.9 Å². The van der Waals surface area contributed by atoms with Crippen LogP contribution < -0.4 is 11.1 Å². The number of rotatable bonds is 8. The highest BCUT2D eigenvalue weighted by Gasteiger charge is 2.22. The van der Waals surface area contributed by atoms with E-state index in [0.29, 0.717) is 34.3 Å². The van der Waals surface area contributed by atoms with Gasteiger partial charge in [-0.15, -0.1) is 10.2 Å². The largest absolute Gasteiger partial charge is 0.366 e. The second-order valence-electron chi connectivity index (χ2n) is 7.55. The van der Waals surface area contributed by atoms with E-state index in [-0.39, 0.29) is 5.91 Å². The summed E-state index contributed by atoms with van der Waals surface area (Å²) in [6.45, 7) is 2.17. The standard InChI is InChI=1S/C25H22FN5O2S/c1-16(24(33)28-19-13-11-18(12-14-19)22(27)32)34-25-30-29-23(20-9-5-6-10-21(20)26)31(25)15-17-7-3-2-4-8-17/h2-14,16H,15H2,1H3,(H2,27,32)(H,28,33). The molecule has 34 heavy (non-hydrogen) atoms. The zero-order chi connectivity index (χ0) is 24.1. The summed E-state index contributed by atoms with van der Waals surface area (Å²) in [4.78, 5) is 24.0. The number of nitrogens with two attached hydrogens (primary N) is 1. The number of anilines is 1. The van der Waals surface area contributed by atoms with Gasteiger partial charge in [0.25, 0.3) is 0 Å². The molecule has 0 bridgehead atoms. The highest BCUT2D eigenvalue weighted by Crippen LogP contribution is 2.29. The molecular formula is C25H22FN5O2S. The van der Waals surface area contributed by atoms with Gasteiger partial charge in [-0.1, -0.05) is 54.2 Å². The van der Waals surface area contributed by atoms with Gasteiger partial charge in [0.1, 0.15) is 5.82 Å². The van der Waals surface area contributed by atoms with Crippen molar-refractivity contribution in [1.29, 1.82) is 0 Å². The first kappa shape index (κ1) is 23.2. The molecule has 2 amide bonds. The lowest BCUT2D eigenvalue weighted by molar-refractivity contribution is -0.115. The predicted molar refractivity (Wildman–Crippen MR) is 130 cm³/mol. The Morgan fingerprint density at radius 2 is 1.68 bits per heavy atom. The highest BCUT2D eigenvalue weighted by atomic mass is 32.2. The molecule has 0 aliphatic carbocycles. The number of hydrogen-bond acceptors (Lipinski definition) is 5. The third kappa shape index (κ3) is 5.32. The van der Waals surface area contributed by atoms with Gasteiger partial charge in [0.05, 0.1) is 17.4 Å².